The normalized spacial score (nSPS) is 15.5. The van der Waals surface area contributed by atoms with Gasteiger partial charge < -0.3 is 14.4 Å². The SMILES string of the molecule is COC(=O)C1=C(C)N(c2ccc(Cl)cc2)/C(=C\c2ccc(OC)cc2)C1=O. The maximum Gasteiger partial charge on any atom is 0.343 e. The summed E-state index contributed by atoms with van der Waals surface area (Å²) in [6.07, 6.45) is 1.73. The molecule has 0 unspecified atom stereocenters. The number of hydrogen-bond acceptors (Lipinski definition) is 5. The number of esters is 1. The van der Waals surface area contributed by atoms with Crippen LogP contribution < -0.4 is 9.64 Å². The van der Waals surface area contributed by atoms with E-state index in [9.17, 15) is 9.59 Å². The molecule has 0 bridgehead atoms. The van der Waals surface area contributed by atoms with Crippen molar-refractivity contribution in [2.45, 2.75) is 6.92 Å². The van der Waals surface area contributed by atoms with Gasteiger partial charge in [0.25, 0.3) is 0 Å². The summed E-state index contributed by atoms with van der Waals surface area (Å²) in [6.45, 7) is 1.72. The van der Waals surface area contributed by atoms with Gasteiger partial charge in [-0.1, -0.05) is 23.7 Å². The van der Waals surface area contributed by atoms with Crippen LogP contribution in [0, 0.1) is 0 Å². The number of methoxy groups -OCH3 is 2. The van der Waals surface area contributed by atoms with E-state index in [4.69, 9.17) is 21.1 Å². The molecule has 0 atom stereocenters. The van der Waals surface area contributed by atoms with Crippen molar-refractivity contribution in [3.8, 4) is 5.75 Å². The molecule has 1 heterocycles. The predicted molar refractivity (Wildman–Crippen MR) is 105 cm³/mol. The zero-order valence-corrected chi connectivity index (χ0v) is 15.9. The molecule has 138 valence electrons. The Balaban J connectivity index is 2.11. The van der Waals surface area contributed by atoms with E-state index in [-0.39, 0.29) is 11.4 Å². The number of carbonyl (C=O) groups is 2. The molecular formula is C21H18ClNO4. The van der Waals surface area contributed by atoms with E-state index in [0.717, 1.165) is 11.3 Å². The van der Waals surface area contributed by atoms with Crippen LogP contribution in [-0.2, 0) is 14.3 Å². The Morgan fingerprint density at radius 1 is 1.04 bits per heavy atom. The Morgan fingerprint density at radius 2 is 1.67 bits per heavy atom. The van der Waals surface area contributed by atoms with Crippen molar-refractivity contribution in [3.63, 3.8) is 0 Å². The third-order valence-electron chi connectivity index (χ3n) is 4.29. The van der Waals surface area contributed by atoms with Gasteiger partial charge in [-0.25, -0.2) is 4.79 Å². The fraction of sp³-hybridized carbons (Fsp3) is 0.143. The number of halogens is 1. The molecule has 0 amide bonds. The van der Waals surface area contributed by atoms with Crippen molar-refractivity contribution in [2.24, 2.45) is 0 Å². The topological polar surface area (TPSA) is 55.8 Å². The highest BCUT2D eigenvalue weighted by atomic mass is 35.5. The van der Waals surface area contributed by atoms with Crippen molar-refractivity contribution in [2.75, 3.05) is 19.1 Å². The summed E-state index contributed by atoms with van der Waals surface area (Å²) in [4.78, 5) is 26.9. The first-order chi connectivity index (χ1) is 13.0. The zero-order chi connectivity index (χ0) is 19.6. The smallest absolute Gasteiger partial charge is 0.343 e. The van der Waals surface area contributed by atoms with E-state index < -0.39 is 5.97 Å². The zero-order valence-electron chi connectivity index (χ0n) is 15.2. The van der Waals surface area contributed by atoms with E-state index >= 15 is 0 Å². The highest BCUT2D eigenvalue weighted by Gasteiger charge is 2.38. The molecule has 27 heavy (non-hydrogen) atoms. The summed E-state index contributed by atoms with van der Waals surface area (Å²) in [5.41, 5.74) is 2.42. The minimum absolute atomic E-state index is 0.0206. The third kappa shape index (κ3) is 3.59. The lowest BCUT2D eigenvalue weighted by atomic mass is 10.1. The molecular weight excluding hydrogens is 366 g/mol. The number of Topliss-reactive ketones (excluding diaryl/α,β-unsaturated/α-hetero) is 1. The summed E-state index contributed by atoms with van der Waals surface area (Å²) in [7, 11) is 2.85. The van der Waals surface area contributed by atoms with Gasteiger partial charge in [0.2, 0.25) is 5.78 Å². The van der Waals surface area contributed by atoms with Gasteiger partial charge in [-0.2, -0.15) is 0 Å². The fourth-order valence-corrected chi connectivity index (χ4v) is 3.07. The summed E-state index contributed by atoms with van der Waals surface area (Å²) >= 11 is 5.98. The average Bonchev–Trinajstić information content (AvgIpc) is 2.92. The first-order valence-corrected chi connectivity index (χ1v) is 8.59. The summed E-state index contributed by atoms with van der Waals surface area (Å²) in [6, 6.07) is 14.3. The van der Waals surface area contributed by atoms with Crippen molar-refractivity contribution >= 4 is 35.1 Å². The summed E-state index contributed by atoms with van der Waals surface area (Å²) in [5, 5.41) is 0.583. The number of carbonyl (C=O) groups excluding carboxylic acids is 2. The van der Waals surface area contributed by atoms with Crippen LogP contribution in [0.2, 0.25) is 5.02 Å². The van der Waals surface area contributed by atoms with Crippen LogP contribution in [0.25, 0.3) is 6.08 Å². The number of ketones is 1. The van der Waals surface area contributed by atoms with Crippen LogP contribution in [0.4, 0.5) is 5.69 Å². The van der Waals surface area contributed by atoms with Gasteiger partial charge in [0.15, 0.2) is 0 Å². The number of rotatable bonds is 4. The van der Waals surface area contributed by atoms with Crippen molar-refractivity contribution in [1.82, 2.24) is 0 Å². The molecule has 2 aromatic carbocycles. The third-order valence-corrected chi connectivity index (χ3v) is 4.54. The van der Waals surface area contributed by atoms with Crippen LogP contribution in [0.15, 0.2) is 65.5 Å². The highest BCUT2D eigenvalue weighted by Crippen LogP contribution is 2.36. The Hall–Kier alpha value is -3.05. The Morgan fingerprint density at radius 3 is 2.22 bits per heavy atom. The van der Waals surface area contributed by atoms with Crippen LogP contribution in [-0.4, -0.2) is 26.0 Å². The quantitative estimate of drug-likeness (QED) is 0.449. The largest absolute Gasteiger partial charge is 0.497 e. The van der Waals surface area contributed by atoms with E-state index in [1.165, 1.54) is 7.11 Å². The monoisotopic (exact) mass is 383 g/mol. The first-order valence-electron chi connectivity index (χ1n) is 8.21. The van der Waals surface area contributed by atoms with Crippen LogP contribution in [0.3, 0.4) is 0 Å². The van der Waals surface area contributed by atoms with E-state index in [1.807, 2.05) is 12.1 Å². The van der Waals surface area contributed by atoms with E-state index in [1.54, 1.807) is 61.4 Å². The second kappa shape index (κ2) is 7.68. The summed E-state index contributed by atoms with van der Waals surface area (Å²) < 4.78 is 9.96. The van der Waals surface area contributed by atoms with Gasteiger partial charge in [0.1, 0.15) is 11.3 Å². The van der Waals surface area contributed by atoms with Crippen molar-refractivity contribution in [3.05, 3.63) is 76.1 Å². The van der Waals surface area contributed by atoms with E-state index in [0.29, 0.717) is 22.2 Å². The average molecular weight is 384 g/mol. The van der Waals surface area contributed by atoms with Gasteiger partial charge in [-0.05, 0) is 55.0 Å². The molecule has 2 aromatic rings. The molecule has 5 nitrogen and oxygen atoms in total. The Kier molecular flexibility index (Phi) is 5.33. The molecule has 0 spiro atoms. The van der Waals surface area contributed by atoms with Gasteiger partial charge in [0.05, 0.1) is 19.9 Å². The number of anilines is 1. The van der Waals surface area contributed by atoms with Gasteiger partial charge in [-0.15, -0.1) is 0 Å². The molecule has 0 fully saturated rings. The number of ether oxygens (including phenoxy) is 2. The number of hydrogen-bond donors (Lipinski definition) is 0. The van der Waals surface area contributed by atoms with E-state index in [2.05, 4.69) is 0 Å². The molecule has 0 radical (unpaired) electrons. The molecule has 1 aliphatic heterocycles. The van der Waals surface area contributed by atoms with Crippen LogP contribution >= 0.6 is 11.6 Å². The molecule has 0 aliphatic carbocycles. The molecule has 0 aromatic heterocycles. The number of allylic oxidation sites excluding steroid dienone is 2. The standard InChI is InChI=1S/C21H18ClNO4/c1-13-19(21(25)27-3)20(24)18(12-14-4-10-17(26-2)11-5-14)23(13)16-8-6-15(22)7-9-16/h4-12H,1-3H3/b18-12-. The van der Waals surface area contributed by atoms with Gasteiger partial charge >= 0.3 is 5.97 Å². The molecule has 3 rings (SSSR count). The van der Waals surface area contributed by atoms with Crippen LogP contribution in [0.5, 0.6) is 5.75 Å². The molecule has 6 heteroatoms. The molecule has 0 saturated carbocycles. The van der Waals surface area contributed by atoms with Crippen LogP contribution in [0.1, 0.15) is 12.5 Å². The van der Waals surface area contributed by atoms with Gasteiger partial charge in [0, 0.05) is 16.4 Å². The second-order valence-electron chi connectivity index (χ2n) is 5.90. The van der Waals surface area contributed by atoms with Crippen molar-refractivity contribution < 1.29 is 19.1 Å². The highest BCUT2D eigenvalue weighted by molar-refractivity contribution is 6.31. The maximum atomic E-state index is 13.0. The minimum atomic E-state index is -0.658. The Bertz CT molecular complexity index is 943. The number of benzene rings is 2. The summed E-state index contributed by atoms with van der Waals surface area (Å²) in [5.74, 6) is -0.325. The fourth-order valence-electron chi connectivity index (χ4n) is 2.94. The van der Waals surface area contributed by atoms with Crippen molar-refractivity contribution in [1.29, 1.82) is 0 Å². The van der Waals surface area contributed by atoms with Gasteiger partial charge in [-0.3, -0.25) is 4.79 Å². The molecule has 0 N–H and O–H groups in total. The maximum absolute atomic E-state index is 13.0. The number of nitrogens with zero attached hydrogens (tertiary/aromatic N) is 1. The minimum Gasteiger partial charge on any atom is -0.497 e. The Labute approximate surface area is 162 Å². The first kappa shape index (κ1) is 18.7. The lowest BCUT2D eigenvalue weighted by Crippen LogP contribution is -2.18. The predicted octanol–water partition coefficient (Wildman–Crippen LogP) is 4.23. The lowest BCUT2D eigenvalue weighted by molar-refractivity contribution is -0.137. The lowest BCUT2D eigenvalue weighted by Gasteiger charge is -2.21. The molecule has 1 aliphatic rings. The second-order valence-corrected chi connectivity index (χ2v) is 6.33. The molecule has 0 saturated heterocycles.